The molecule has 0 saturated heterocycles. The topological polar surface area (TPSA) is 83.5 Å². The summed E-state index contributed by atoms with van der Waals surface area (Å²) < 4.78 is 4.52. The van der Waals surface area contributed by atoms with Crippen LogP contribution in [0.25, 0.3) is 6.08 Å². The number of hydrogen-bond acceptors (Lipinski definition) is 4. The number of nitro groups is 1. The minimum absolute atomic E-state index is 0.0124. The van der Waals surface area contributed by atoms with Crippen LogP contribution in [0.5, 0.6) is 0 Å². The monoisotopic (exact) mass is 233 g/mol. The van der Waals surface area contributed by atoms with Crippen LogP contribution < -0.4 is 5.32 Å². The summed E-state index contributed by atoms with van der Waals surface area (Å²) >= 11 is 0. The molecule has 0 amide bonds. The summed E-state index contributed by atoms with van der Waals surface area (Å²) in [7, 11) is 1.28. The highest BCUT2D eigenvalue weighted by Gasteiger charge is 2.22. The summed E-state index contributed by atoms with van der Waals surface area (Å²) in [5.74, 6) is -0.432. The standard InChI is InChI=1S/C11H9N2O4/c1-17-10(14)6-7-4-8-2-3-12-11(8)9(5-7)13(15)16/h2-5H,6H2,1H3. The van der Waals surface area contributed by atoms with E-state index in [4.69, 9.17) is 0 Å². The molecule has 2 rings (SSSR count). The van der Waals surface area contributed by atoms with Gasteiger partial charge in [-0.25, -0.2) is 5.32 Å². The lowest BCUT2D eigenvalue weighted by Gasteiger charge is -2.04. The van der Waals surface area contributed by atoms with Crippen LogP contribution in [-0.2, 0) is 16.0 Å². The molecule has 0 atom stereocenters. The van der Waals surface area contributed by atoms with E-state index in [1.54, 1.807) is 12.1 Å². The molecule has 6 heteroatoms. The van der Waals surface area contributed by atoms with E-state index < -0.39 is 10.9 Å². The lowest BCUT2D eigenvalue weighted by atomic mass is 10.1. The maximum absolute atomic E-state index is 11.1. The summed E-state index contributed by atoms with van der Waals surface area (Å²) in [6.45, 7) is 0. The Labute approximate surface area is 97.0 Å². The number of nitro benzene ring substituents is 1. The number of carbonyl (C=O) groups is 1. The van der Waals surface area contributed by atoms with Crippen molar-refractivity contribution in [3.8, 4) is 0 Å². The predicted molar refractivity (Wildman–Crippen MR) is 59.6 cm³/mol. The van der Waals surface area contributed by atoms with Gasteiger partial charge in [0.25, 0.3) is 5.69 Å². The fraction of sp³-hybridized carbons (Fsp3) is 0.182. The van der Waals surface area contributed by atoms with E-state index in [-0.39, 0.29) is 12.1 Å². The molecule has 1 heterocycles. The molecule has 0 saturated carbocycles. The lowest BCUT2D eigenvalue weighted by molar-refractivity contribution is -0.384. The van der Waals surface area contributed by atoms with Gasteiger partial charge in [-0.15, -0.1) is 0 Å². The van der Waals surface area contributed by atoms with Crippen molar-refractivity contribution in [2.75, 3.05) is 7.11 Å². The van der Waals surface area contributed by atoms with Gasteiger partial charge in [0, 0.05) is 17.8 Å². The normalized spacial score (nSPS) is 11.8. The Morgan fingerprint density at radius 2 is 2.29 bits per heavy atom. The second-order valence-corrected chi connectivity index (χ2v) is 3.51. The van der Waals surface area contributed by atoms with E-state index >= 15 is 0 Å². The van der Waals surface area contributed by atoms with Crippen molar-refractivity contribution in [2.24, 2.45) is 0 Å². The molecule has 1 radical (unpaired) electrons. The van der Waals surface area contributed by atoms with Crippen molar-refractivity contribution >= 4 is 23.4 Å². The number of fused-ring (bicyclic) bond motifs is 1. The first-order valence-corrected chi connectivity index (χ1v) is 4.87. The minimum atomic E-state index is -0.504. The van der Waals surface area contributed by atoms with Gasteiger partial charge in [-0.3, -0.25) is 14.9 Å². The number of benzene rings is 1. The molecule has 1 aliphatic heterocycles. The molecule has 0 unspecified atom stereocenters. The fourth-order valence-corrected chi connectivity index (χ4v) is 1.64. The first kappa shape index (κ1) is 11.1. The molecule has 87 valence electrons. The summed E-state index contributed by atoms with van der Waals surface area (Å²) in [4.78, 5) is 21.5. The Morgan fingerprint density at radius 3 is 2.94 bits per heavy atom. The maximum Gasteiger partial charge on any atom is 0.309 e. The van der Waals surface area contributed by atoms with Crippen LogP contribution in [0.1, 0.15) is 11.1 Å². The van der Waals surface area contributed by atoms with Crippen LogP contribution in [0.3, 0.4) is 0 Å². The zero-order valence-electron chi connectivity index (χ0n) is 9.04. The highest BCUT2D eigenvalue weighted by atomic mass is 16.6. The molecular formula is C11H9N2O4. The molecular weight excluding hydrogens is 224 g/mol. The third-order valence-corrected chi connectivity index (χ3v) is 2.41. The van der Waals surface area contributed by atoms with E-state index in [2.05, 4.69) is 10.1 Å². The van der Waals surface area contributed by atoms with Crippen LogP contribution in [0.4, 0.5) is 11.4 Å². The average molecular weight is 233 g/mol. The highest BCUT2D eigenvalue weighted by molar-refractivity contribution is 5.80. The van der Waals surface area contributed by atoms with E-state index in [0.29, 0.717) is 16.8 Å². The number of nitrogens with zero attached hydrogens (tertiary/aromatic N) is 2. The molecule has 1 aromatic carbocycles. The van der Waals surface area contributed by atoms with Gasteiger partial charge < -0.3 is 4.74 Å². The Hall–Kier alpha value is -2.37. The molecule has 1 aliphatic rings. The second-order valence-electron chi connectivity index (χ2n) is 3.51. The molecule has 0 fully saturated rings. The Bertz CT molecular complexity index is 522. The zero-order valence-corrected chi connectivity index (χ0v) is 9.04. The van der Waals surface area contributed by atoms with Crippen molar-refractivity contribution in [1.29, 1.82) is 0 Å². The second kappa shape index (κ2) is 4.25. The summed E-state index contributed by atoms with van der Waals surface area (Å²) in [5.41, 5.74) is 1.44. The van der Waals surface area contributed by atoms with Crippen LogP contribution in [-0.4, -0.2) is 18.0 Å². The Balaban J connectivity index is 2.42. The van der Waals surface area contributed by atoms with Crippen LogP contribution in [0.15, 0.2) is 18.3 Å². The molecule has 6 nitrogen and oxygen atoms in total. The number of carbonyl (C=O) groups excluding carboxylic acids is 1. The minimum Gasteiger partial charge on any atom is -0.469 e. The van der Waals surface area contributed by atoms with Gasteiger partial charge in [0.2, 0.25) is 0 Å². The first-order chi connectivity index (χ1) is 8.11. The number of ether oxygens (including phenoxy) is 1. The van der Waals surface area contributed by atoms with E-state index in [9.17, 15) is 14.9 Å². The molecule has 0 aromatic heterocycles. The van der Waals surface area contributed by atoms with E-state index in [1.165, 1.54) is 19.4 Å². The van der Waals surface area contributed by atoms with Gasteiger partial charge in [0.1, 0.15) is 5.69 Å². The third kappa shape index (κ3) is 2.10. The molecule has 0 bridgehead atoms. The average Bonchev–Trinajstić information content (AvgIpc) is 2.75. The zero-order chi connectivity index (χ0) is 12.4. The van der Waals surface area contributed by atoms with Gasteiger partial charge in [-0.1, -0.05) is 0 Å². The quantitative estimate of drug-likeness (QED) is 0.450. The Morgan fingerprint density at radius 1 is 1.53 bits per heavy atom. The van der Waals surface area contributed by atoms with Crippen molar-refractivity contribution in [2.45, 2.75) is 6.42 Å². The van der Waals surface area contributed by atoms with Gasteiger partial charge in [-0.05, 0) is 17.7 Å². The van der Waals surface area contributed by atoms with Crippen molar-refractivity contribution in [1.82, 2.24) is 5.32 Å². The molecule has 17 heavy (non-hydrogen) atoms. The highest BCUT2D eigenvalue weighted by Crippen LogP contribution is 2.34. The van der Waals surface area contributed by atoms with Crippen molar-refractivity contribution in [3.63, 3.8) is 0 Å². The third-order valence-electron chi connectivity index (χ3n) is 2.41. The largest absolute Gasteiger partial charge is 0.469 e. The molecule has 0 N–H and O–H groups in total. The fourth-order valence-electron chi connectivity index (χ4n) is 1.64. The van der Waals surface area contributed by atoms with E-state index in [0.717, 1.165) is 0 Å². The summed E-state index contributed by atoms with van der Waals surface area (Å²) in [6.07, 6.45) is 3.18. The summed E-state index contributed by atoms with van der Waals surface area (Å²) in [5, 5.41) is 14.8. The SMILES string of the molecule is COC(=O)Cc1cc2c(c([N+](=O)[O-])c1)[N]C=C2. The van der Waals surface area contributed by atoms with Crippen LogP contribution >= 0.6 is 0 Å². The van der Waals surface area contributed by atoms with Crippen molar-refractivity contribution in [3.05, 3.63) is 39.6 Å². The smallest absolute Gasteiger partial charge is 0.309 e. The van der Waals surface area contributed by atoms with E-state index in [1.807, 2.05) is 0 Å². The van der Waals surface area contributed by atoms with Gasteiger partial charge in [-0.2, -0.15) is 0 Å². The number of hydrogen-bond donors (Lipinski definition) is 0. The van der Waals surface area contributed by atoms with Crippen molar-refractivity contribution < 1.29 is 14.5 Å². The van der Waals surface area contributed by atoms with Crippen LogP contribution in [0.2, 0.25) is 0 Å². The van der Waals surface area contributed by atoms with Gasteiger partial charge >= 0.3 is 5.97 Å². The number of rotatable bonds is 3. The molecule has 0 spiro atoms. The molecule has 1 aromatic rings. The summed E-state index contributed by atoms with van der Waals surface area (Å²) in [6, 6.07) is 3.05. The van der Waals surface area contributed by atoms with Gasteiger partial charge in [0.15, 0.2) is 0 Å². The number of esters is 1. The number of methoxy groups -OCH3 is 1. The lowest BCUT2D eigenvalue weighted by Crippen LogP contribution is -2.05. The molecule has 0 aliphatic carbocycles. The van der Waals surface area contributed by atoms with Crippen LogP contribution in [0, 0.1) is 10.1 Å². The van der Waals surface area contributed by atoms with Gasteiger partial charge in [0.05, 0.1) is 18.5 Å². The Kier molecular flexibility index (Phi) is 2.78. The predicted octanol–water partition coefficient (Wildman–Crippen LogP) is 1.53. The maximum atomic E-state index is 11.1. The first-order valence-electron chi connectivity index (χ1n) is 4.87.